The van der Waals surface area contributed by atoms with Crippen LogP contribution in [-0.2, 0) is 9.53 Å². The van der Waals surface area contributed by atoms with E-state index in [1.165, 1.54) is 6.92 Å². The van der Waals surface area contributed by atoms with Crippen LogP contribution in [0.4, 0.5) is 18.9 Å². The minimum absolute atomic E-state index is 0.00348. The van der Waals surface area contributed by atoms with Crippen LogP contribution in [0.25, 0.3) is 0 Å². The molecule has 2 rings (SSSR count). The summed E-state index contributed by atoms with van der Waals surface area (Å²) in [5.41, 5.74) is 2.36. The zero-order chi connectivity index (χ0) is 20.2. The van der Waals surface area contributed by atoms with Crippen LogP contribution in [0.5, 0.6) is 5.75 Å². The summed E-state index contributed by atoms with van der Waals surface area (Å²) in [5, 5.41) is 2.71. The maximum atomic E-state index is 12.3. The van der Waals surface area contributed by atoms with Crippen LogP contribution in [-0.4, -0.2) is 24.3 Å². The Morgan fingerprint density at radius 3 is 2.07 bits per heavy atom. The number of halogens is 3. The molecule has 144 valence electrons. The number of alkyl halides is 3. The van der Waals surface area contributed by atoms with E-state index in [0.717, 1.165) is 35.4 Å². The van der Waals surface area contributed by atoms with Crippen molar-refractivity contribution in [2.75, 3.05) is 5.32 Å². The van der Waals surface area contributed by atoms with E-state index in [2.05, 4.69) is 10.1 Å². The molecule has 0 heterocycles. The molecule has 0 radical (unpaired) electrons. The molecule has 0 saturated heterocycles. The predicted molar refractivity (Wildman–Crippen MR) is 92.5 cm³/mol. The predicted octanol–water partition coefficient (Wildman–Crippen LogP) is 4.39. The van der Waals surface area contributed by atoms with Crippen LogP contribution < -0.4 is 10.1 Å². The number of amides is 1. The smallest absolute Gasteiger partial charge is 0.449 e. The van der Waals surface area contributed by atoms with Gasteiger partial charge in [-0.1, -0.05) is 18.2 Å². The molecule has 2 aromatic rings. The van der Waals surface area contributed by atoms with Gasteiger partial charge in [-0.25, -0.2) is 4.79 Å². The quantitative estimate of drug-likeness (QED) is 0.781. The lowest BCUT2D eigenvalue weighted by Gasteiger charge is -2.16. The zero-order valence-corrected chi connectivity index (χ0v) is 14.9. The molecule has 0 saturated carbocycles. The molecule has 0 fully saturated rings. The molecule has 2 aromatic carbocycles. The molecule has 0 aliphatic carbocycles. The summed E-state index contributed by atoms with van der Waals surface area (Å²) in [5.74, 6) is -1.81. The van der Waals surface area contributed by atoms with Crippen molar-refractivity contribution in [2.24, 2.45) is 0 Å². The Morgan fingerprint density at radius 1 is 1.00 bits per heavy atom. The van der Waals surface area contributed by atoms with Gasteiger partial charge in [0.15, 0.2) is 6.10 Å². The van der Waals surface area contributed by atoms with E-state index in [-0.39, 0.29) is 5.56 Å². The fraction of sp³-hybridized carbons (Fsp3) is 0.263. The first-order valence-corrected chi connectivity index (χ1v) is 8.00. The second-order valence-corrected chi connectivity index (χ2v) is 5.88. The number of hydrogen-bond donors (Lipinski definition) is 1. The maximum Gasteiger partial charge on any atom is 0.573 e. The van der Waals surface area contributed by atoms with Crippen molar-refractivity contribution in [3.8, 4) is 5.75 Å². The molecule has 0 unspecified atom stereocenters. The van der Waals surface area contributed by atoms with Crippen molar-refractivity contribution in [1.29, 1.82) is 0 Å². The summed E-state index contributed by atoms with van der Waals surface area (Å²) >= 11 is 0. The van der Waals surface area contributed by atoms with Crippen molar-refractivity contribution in [2.45, 2.75) is 33.2 Å². The highest BCUT2D eigenvalue weighted by Crippen LogP contribution is 2.23. The topological polar surface area (TPSA) is 64.6 Å². The Balaban J connectivity index is 1.99. The number of carbonyl (C=O) groups excluding carboxylic acids is 2. The number of esters is 1. The molecule has 0 aliphatic heterocycles. The summed E-state index contributed by atoms with van der Waals surface area (Å²) < 4.78 is 45.2. The fourth-order valence-electron chi connectivity index (χ4n) is 2.31. The monoisotopic (exact) mass is 381 g/mol. The van der Waals surface area contributed by atoms with E-state index in [1.54, 1.807) is 0 Å². The fourth-order valence-corrected chi connectivity index (χ4v) is 2.31. The number of nitrogens with one attached hydrogen (secondary N) is 1. The third kappa shape index (κ3) is 5.73. The second-order valence-electron chi connectivity index (χ2n) is 5.88. The van der Waals surface area contributed by atoms with E-state index in [1.807, 2.05) is 32.0 Å². The summed E-state index contributed by atoms with van der Waals surface area (Å²) in [6, 6.07) is 9.76. The van der Waals surface area contributed by atoms with E-state index < -0.39 is 30.1 Å². The average Bonchev–Trinajstić information content (AvgIpc) is 2.57. The molecule has 1 atom stereocenters. The van der Waals surface area contributed by atoms with Crippen LogP contribution in [0, 0.1) is 13.8 Å². The van der Waals surface area contributed by atoms with Gasteiger partial charge in [0.05, 0.1) is 5.56 Å². The largest absolute Gasteiger partial charge is 0.573 e. The van der Waals surface area contributed by atoms with Crippen molar-refractivity contribution in [3.05, 3.63) is 59.2 Å². The molecule has 27 heavy (non-hydrogen) atoms. The number of carbonyl (C=O) groups is 2. The van der Waals surface area contributed by atoms with Crippen LogP contribution >= 0.6 is 0 Å². The number of ether oxygens (including phenoxy) is 2. The first kappa shape index (κ1) is 20.3. The summed E-state index contributed by atoms with van der Waals surface area (Å²) in [7, 11) is 0. The SMILES string of the molecule is Cc1cccc(C)c1NC(=O)[C@@H](C)OC(=O)c1ccc(OC(F)(F)F)cc1. The van der Waals surface area contributed by atoms with E-state index in [9.17, 15) is 22.8 Å². The standard InChI is InChI=1S/C19H18F3NO4/c1-11-5-4-6-12(2)16(11)23-17(24)13(3)26-18(25)14-7-9-15(10-8-14)27-19(20,21)22/h4-10,13H,1-3H3,(H,23,24)/t13-/m1/s1. The number of aryl methyl sites for hydroxylation is 2. The van der Waals surface area contributed by atoms with Gasteiger partial charge in [0, 0.05) is 5.69 Å². The van der Waals surface area contributed by atoms with Gasteiger partial charge in [-0.3, -0.25) is 4.79 Å². The van der Waals surface area contributed by atoms with Crippen molar-refractivity contribution in [1.82, 2.24) is 0 Å². The lowest BCUT2D eigenvalue weighted by Crippen LogP contribution is -2.30. The van der Waals surface area contributed by atoms with Gasteiger partial charge in [0.1, 0.15) is 5.75 Å². The highest BCUT2D eigenvalue weighted by atomic mass is 19.4. The summed E-state index contributed by atoms with van der Waals surface area (Å²) in [6.07, 6.45) is -5.91. The summed E-state index contributed by atoms with van der Waals surface area (Å²) in [6.45, 7) is 5.08. The third-order valence-electron chi connectivity index (χ3n) is 3.71. The normalized spacial score (nSPS) is 12.2. The van der Waals surface area contributed by atoms with E-state index >= 15 is 0 Å². The van der Waals surface area contributed by atoms with Crippen LogP contribution in [0.2, 0.25) is 0 Å². The van der Waals surface area contributed by atoms with Crippen molar-refractivity contribution >= 4 is 17.6 Å². The van der Waals surface area contributed by atoms with Gasteiger partial charge < -0.3 is 14.8 Å². The molecule has 0 aromatic heterocycles. The number of benzene rings is 2. The van der Waals surface area contributed by atoms with Gasteiger partial charge in [0.2, 0.25) is 0 Å². The molecule has 0 aliphatic rings. The van der Waals surface area contributed by atoms with Crippen molar-refractivity contribution < 1.29 is 32.2 Å². The Morgan fingerprint density at radius 2 is 1.56 bits per heavy atom. The Kier molecular flexibility index (Phi) is 6.09. The lowest BCUT2D eigenvalue weighted by molar-refractivity contribution is -0.274. The number of hydrogen-bond acceptors (Lipinski definition) is 4. The molecular formula is C19H18F3NO4. The Labute approximate surface area is 154 Å². The molecule has 1 amide bonds. The second kappa shape index (κ2) is 8.11. The molecular weight excluding hydrogens is 363 g/mol. The molecule has 0 spiro atoms. The van der Waals surface area contributed by atoms with Gasteiger partial charge in [-0.05, 0) is 56.2 Å². The molecule has 0 bridgehead atoms. The Bertz CT molecular complexity index is 812. The highest BCUT2D eigenvalue weighted by Gasteiger charge is 2.31. The number of rotatable bonds is 5. The first-order valence-electron chi connectivity index (χ1n) is 8.00. The van der Waals surface area contributed by atoms with Crippen LogP contribution in [0.1, 0.15) is 28.4 Å². The lowest BCUT2D eigenvalue weighted by atomic mass is 10.1. The van der Waals surface area contributed by atoms with Crippen LogP contribution in [0.15, 0.2) is 42.5 Å². The van der Waals surface area contributed by atoms with Gasteiger partial charge >= 0.3 is 12.3 Å². The summed E-state index contributed by atoms with van der Waals surface area (Å²) in [4.78, 5) is 24.3. The minimum Gasteiger partial charge on any atom is -0.449 e. The third-order valence-corrected chi connectivity index (χ3v) is 3.71. The zero-order valence-electron chi connectivity index (χ0n) is 14.9. The number of para-hydroxylation sites is 1. The average molecular weight is 381 g/mol. The van der Waals surface area contributed by atoms with Crippen molar-refractivity contribution in [3.63, 3.8) is 0 Å². The Hall–Kier alpha value is -3.03. The van der Waals surface area contributed by atoms with E-state index in [0.29, 0.717) is 5.69 Å². The molecule has 8 heteroatoms. The maximum absolute atomic E-state index is 12.3. The van der Waals surface area contributed by atoms with Gasteiger partial charge in [0.25, 0.3) is 5.91 Å². The van der Waals surface area contributed by atoms with Gasteiger partial charge in [-0.2, -0.15) is 0 Å². The molecule has 1 N–H and O–H groups in total. The number of anilines is 1. The first-order chi connectivity index (χ1) is 12.6. The van der Waals surface area contributed by atoms with E-state index in [4.69, 9.17) is 4.74 Å². The van der Waals surface area contributed by atoms with Crippen LogP contribution in [0.3, 0.4) is 0 Å². The van der Waals surface area contributed by atoms with Gasteiger partial charge in [-0.15, -0.1) is 13.2 Å². The highest BCUT2D eigenvalue weighted by molar-refractivity contribution is 5.98. The minimum atomic E-state index is -4.82. The molecule has 5 nitrogen and oxygen atoms in total.